The van der Waals surface area contributed by atoms with E-state index in [0.717, 1.165) is 0 Å². The second-order valence-corrected chi connectivity index (χ2v) is 6.85. The molecule has 2 N–H and O–H groups in total. The van der Waals surface area contributed by atoms with Gasteiger partial charge < -0.3 is 15.4 Å². The van der Waals surface area contributed by atoms with E-state index in [1.807, 2.05) is 0 Å². The third-order valence-corrected chi connectivity index (χ3v) is 4.43. The summed E-state index contributed by atoms with van der Waals surface area (Å²) < 4.78 is 83.5. The lowest BCUT2D eigenvalue weighted by Crippen LogP contribution is -2.18. The first kappa shape index (κ1) is 23.9. The molecule has 1 amide bonds. The zero-order valence-corrected chi connectivity index (χ0v) is 17.0. The molecule has 5 nitrogen and oxygen atoms in total. The lowest BCUT2D eigenvalue weighted by Gasteiger charge is -2.15. The molecule has 0 unspecified atom stereocenters. The van der Waals surface area contributed by atoms with Gasteiger partial charge in [0.05, 0.1) is 11.1 Å². The predicted octanol–water partition coefficient (Wildman–Crippen LogP) is 5.88. The Balaban J connectivity index is 1.70. The molecule has 33 heavy (non-hydrogen) atoms. The van der Waals surface area contributed by atoms with Crippen LogP contribution in [0.2, 0.25) is 0 Å². The summed E-state index contributed by atoms with van der Waals surface area (Å²) in [5, 5.41) is 5.23. The van der Waals surface area contributed by atoms with Crippen LogP contribution in [-0.2, 0) is 18.9 Å². The monoisotopic (exact) mass is 469 g/mol. The van der Waals surface area contributed by atoms with E-state index < -0.39 is 23.5 Å². The minimum Gasteiger partial charge on any atom is -0.457 e. The highest BCUT2D eigenvalue weighted by Crippen LogP contribution is 2.36. The molecule has 0 aliphatic heterocycles. The number of nitrogens with one attached hydrogen (secondary N) is 2. The first-order chi connectivity index (χ1) is 15.5. The molecule has 2 aromatic carbocycles. The molecule has 0 saturated heterocycles. The smallest absolute Gasteiger partial charge is 0.416 e. The fourth-order valence-corrected chi connectivity index (χ4v) is 2.83. The summed E-state index contributed by atoms with van der Waals surface area (Å²) in [6.45, 7) is -0.257. The molecule has 1 aromatic heterocycles. The van der Waals surface area contributed by atoms with Gasteiger partial charge in [-0.3, -0.25) is 9.78 Å². The van der Waals surface area contributed by atoms with Crippen molar-refractivity contribution >= 4 is 11.6 Å². The highest BCUT2D eigenvalue weighted by atomic mass is 19.4. The molecule has 174 valence electrons. The second kappa shape index (κ2) is 9.39. The van der Waals surface area contributed by atoms with E-state index in [9.17, 15) is 31.1 Å². The molecule has 11 heteroatoms. The predicted molar refractivity (Wildman–Crippen MR) is 108 cm³/mol. The van der Waals surface area contributed by atoms with Gasteiger partial charge in [-0.1, -0.05) is 0 Å². The van der Waals surface area contributed by atoms with E-state index in [0.29, 0.717) is 29.3 Å². The van der Waals surface area contributed by atoms with E-state index in [-0.39, 0.29) is 29.8 Å². The Labute approximate surface area is 184 Å². The van der Waals surface area contributed by atoms with Crippen molar-refractivity contribution in [3.63, 3.8) is 0 Å². The Morgan fingerprint density at radius 2 is 1.48 bits per heavy atom. The number of alkyl halides is 6. The Bertz CT molecular complexity index is 1100. The van der Waals surface area contributed by atoms with Crippen LogP contribution >= 0.6 is 0 Å². The molecule has 0 spiro atoms. The summed E-state index contributed by atoms with van der Waals surface area (Å²) in [6, 6.07) is 10.6. The number of carbonyl (C=O) groups excluding carboxylic acids is 1. The number of hydrogen-bond donors (Lipinski definition) is 2. The largest absolute Gasteiger partial charge is 0.457 e. The molecule has 0 aliphatic carbocycles. The van der Waals surface area contributed by atoms with Crippen molar-refractivity contribution in [1.29, 1.82) is 0 Å². The number of amides is 1. The van der Waals surface area contributed by atoms with Gasteiger partial charge in [0.15, 0.2) is 0 Å². The normalized spacial score (nSPS) is 11.7. The zero-order valence-electron chi connectivity index (χ0n) is 17.0. The van der Waals surface area contributed by atoms with Gasteiger partial charge in [-0.05, 0) is 54.1 Å². The number of anilines is 1. The lowest BCUT2D eigenvalue weighted by molar-refractivity contribution is -0.143. The molecule has 0 fully saturated rings. The van der Waals surface area contributed by atoms with Gasteiger partial charge in [-0.2, -0.15) is 26.3 Å². The standard InChI is InChI=1S/C22H17F6N3O2/c1-29-20(32)19-11-18(6-7-30-19)33-17-4-2-16(3-5-17)31-12-13-8-14(21(23,24)25)10-15(9-13)22(26,27)28/h2-11,31H,12H2,1H3,(H,29,32). The number of ether oxygens (including phenoxy) is 1. The van der Waals surface area contributed by atoms with E-state index in [2.05, 4.69) is 15.6 Å². The average molecular weight is 469 g/mol. The van der Waals surface area contributed by atoms with Crippen LogP contribution in [0.15, 0.2) is 60.8 Å². The van der Waals surface area contributed by atoms with Crippen LogP contribution < -0.4 is 15.4 Å². The van der Waals surface area contributed by atoms with Gasteiger partial charge in [0.2, 0.25) is 0 Å². The van der Waals surface area contributed by atoms with Crippen LogP contribution in [0.25, 0.3) is 0 Å². The van der Waals surface area contributed by atoms with Crippen LogP contribution in [0.4, 0.5) is 32.0 Å². The summed E-state index contributed by atoms with van der Waals surface area (Å²) in [5.74, 6) is 0.365. The van der Waals surface area contributed by atoms with Crippen LogP contribution in [-0.4, -0.2) is 17.9 Å². The summed E-state index contributed by atoms with van der Waals surface area (Å²) in [5.41, 5.74) is -2.30. The SMILES string of the molecule is CNC(=O)c1cc(Oc2ccc(NCc3cc(C(F)(F)F)cc(C(F)(F)F)c3)cc2)ccn1. The van der Waals surface area contributed by atoms with Crippen LogP contribution in [0.3, 0.4) is 0 Å². The fraction of sp³-hybridized carbons (Fsp3) is 0.182. The highest BCUT2D eigenvalue weighted by molar-refractivity contribution is 5.92. The first-order valence-electron chi connectivity index (χ1n) is 9.44. The first-order valence-corrected chi connectivity index (χ1v) is 9.44. The highest BCUT2D eigenvalue weighted by Gasteiger charge is 2.36. The molecule has 3 aromatic rings. The quantitative estimate of drug-likeness (QED) is 0.443. The van der Waals surface area contributed by atoms with Crippen molar-refractivity contribution in [1.82, 2.24) is 10.3 Å². The van der Waals surface area contributed by atoms with Gasteiger partial charge in [0.1, 0.15) is 17.2 Å². The van der Waals surface area contributed by atoms with Gasteiger partial charge in [0.25, 0.3) is 5.91 Å². The molecule has 0 radical (unpaired) electrons. The average Bonchev–Trinajstić information content (AvgIpc) is 2.77. The van der Waals surface area contributed by atoms with Crippen LogP contribution in [0.5, 0.6) is 11.5 Å². The van der Waals surface area contributed by atoms with E-state index in [4.69, 9.17) is 4.74 Å². The van der Waals surface area contributed by atoms with E-state index in [1.54, 1.807) is 30.3 Å². The van der Waals surface area contributed by atoms with Crippen molar-refractivity contribution in [2.75, 3.05) is 12.4 Å². The van der Waals surface area contributed by atoms with Gasteiger partial charge in [-0.25, -0.2) is 0 Å². The number of pyridine rings is 1. The van der Waals surface area contributed by atoms with Crippen LogP contribution in [0, 0.1) is 0 Å². The summed E-state index contributed by atoms with van der Waals surface area (Å²) in [4.78, 5) is 15.6. The van der Waals surface area contributed by atoms with Crippen molar-refractivity contribution in [2.24, 2.45) is 0 Å². The van der Waals surface area contributed by atoms with Crippen molar-refractivity contribution in [3.05, 3.63) is 83.2 Å². The second-order valence-electron chi connectivity index (χ2n) is 6.85. The third kappa shape index (κ3) is 6.37. The van der Waals surface area contributed by atoms with Gasteiger partial charge in [0, 0.05) is 31.5 Å². The number of rotatable bonds is 6. The Morgan fingerprint density at radius 1 is 0.879 bits per heavy atom. The Kier molecular flexibility index (Phi) is 6.80. The molecule has 0 aliphatic rings. The van der Waals surface area contributed by atoms with Crippen molar-refractivity contribution in [3.8, 4) is 11.5 Å². The van der Waals surface area contributed by atoms with E-state index in [1.165, 1.54) is 19.3 Å². The summed E-state index contributed by atoms with van der Waals surface area (Å²) in [6.07, 6.45) is -8.40. The number of halogens is 6. The Hall–Kier alpha value is -3.76. The Morgan fingerprint density at radius 3 is 2.03 bits per heavy atom. The minimum absolute atomic E-state index is 0.0876. The number of aromatic nitrogens is 1. The molecular weight excluding hydrogens is 452 g/mol. The zero-order chi connectivity index (χ0) is 24.2. The summed E-state index contributed by atoms with van der Waals surface area (Å²) in [7, 11) is 1.46. The number of hydrogen-bond acceptors (Lipinski definition) is 4. The molecule has 3 rings (SSSR count). The summed E-state index contributed by atoms with van der Waals surface area (Å²) >= 11 is 0. The lowest BCUT2D eigenvalue weighted by atomic mass is 10.0. The topological polar surface area (TPSA) is 63.2 Å². The van der Waals surface area contributed by atoms with E-state index >= 15 is 0 Å². The fourth-order valence-electron chi connectivity index (χ4n) is 2.83. The van der Waals surface area contributed by atoms with Crippen molar-refractivity contribution in [2.45, 2.75) is 18.9 Å². The maximum absolute atomic E-state index is 13.0. The number of nitrogens with zero attached hydrogens (tertiary/aromatic N) is 1. The maximum atomic E-state index is 13.0. The third-order valence-electron chi connectivity index (χ3n) is 4.43. The number of carbonyl (C=O) groups is 1. The molecule has 0 saturated carbocycles. The van der Waals surface area contributed by atoms with Gasteiger partial charge >= 0.3 is 12.4 Å². The maximum Gasteiger partial charge on any atom is 0.416 e. The minimum atomic E-state index is -4.90. The van der Waals surface area contributed by atoms with Crippen LogP contribution in [0.1, 0.15) is 27.2 Å². The molecule has 1 heterocycles. The number of benzene rings is 2. The van der Waals surface area contributed by atoms with Crippen molar-refractivity contribution < 1.29 is 35.9 Å². The molecular formula is C22H17F6N3O2. The van der Waals surface area contributed by atoms with Gasteiger partial charge in [-0.15, -0.1) is 0 Å². The molecule has 0 atom stereocenters. The molecule has 0 bridgehead atoms.